The van der Waals surface area contributed by atoms with Crippen LogP contribution in [0.5, 0.6) is 0 Å². The van der Waals surface area contributed by atoms with Crippen LogP contribution in [0, 0.1) is 5.92 Å². The maximum atomic E-state index is 12.4. The molecule has 98 valence electrons. The third-order valence-electron chi connectivity index (χ3n) is 3.65. The number of carbonyl (C=O) groups excluding carboxylic acids is 1. The summed E-state index contributed by atoms with van der Waals surface area (Å²) in [6.07, 6.45) is 0. The van der Waals surface area contributed by atoms with Gasteiger partial charge in [-0.2, -0.15) is 0 Å². The Labute approximate surface area is 113 Å². The normalized spacial score (nSPS) is 15.5. The quantitative estimate of drug-likeness (QED) is 0.849. The second-order valence-corrected chi connectivity index (χ2v) is 4.97. The van der Waals surface area contributed by atoms with Crippen LogP contribution < -0.4 is 0 Å². The zero-order valence-electron chi connectivity index (χ0n) is 11.2. The monoisotopic (exact) mass is 254 g/mol. The molecule has 1 N–H and O–H groups in total. The van der Waals surface area contributed by atoms with Crippen molar-refractivity contribution in [1.29, 1.82) is 0 Å². The fourth-order valence-corrected chi connectivity index (χ4v) is 2.13. The van der Waals surface area contributed by atoms with Gasteiger partial charge in [0.2, 0.25) is 0 Å². The van der Waals surface area contributed by atoms with E-state index in [1.165, 1.54) is 0 Å². The molecule has 0 heterocycles. The molecular formula is C17H18O2. The topological polar surface area (TPSA) is 37.3 Å². The Morgan fingerprint density at radius 3 is 2.00 bits per heavy atom. The Balaban J connectivity index is 2.29. The van der Waals surface area contributed by atoms with Crippen LogP contribution in [0.4, 0.5) is 0 Å². The molecule has 2 nitrogen and oxygen atoms in total. The second-order valence-electron chi connectivity index (χ2n) is 4.97. The highest BCUT2D eigenvalue weighted by Gasteiger charge is 2.35. The molecule has 0 aliphatic carbocycles. The molecule has 2 rings (SSSR count). The summed E-state index contributed by atoms with van der Waals surface area (Å²) >= 11 is 0. The fraction of sp³-hybridized carbons (Fsp3) is 0.235. The van der Waals surface area contributed by atoms with E-state index in [9.17, 15) is 9.90 Å². The Bertz CT molecular complexity index is 544. The van der Waals surface area contributed by atoms with E-state index in [0.29, 0.717) is 5.56 Å². The average Bonchev–Trinajstić information content (AvgIpc) is 2.47. The molecule has 2 heteroatoms. The standard InChI is InChI=1S/C17H18O2/c1-13(16(18)14-9-5-3-6-10-14)17(2,19)15-11-7-4-8-12-15/h3-13,19H,1-2H3. The van der Waals surface area contributed by atoms with E-state index in [-0.39, 0.29) is 5.78 Å². The van der Waals surface area contributed by atoms with Crippen LogP contribution in [-0.4, -0.2) is 10.9 Å². The van der Waals surface area contributed by atoms with Crippen molar-refractivity contribution in [3.05, 3.63) is 71.8 Å². The zero-order chi connectivity index (χ0) is 13.9. The molecule has 0 aliphatic rings. The smallest absolute Gasteiger partial charge is 0.168 e. The Hall–Kier alpha value is -1.93. The molecule has 2 aromatic carbocycles. The number of hydrogen-bond acceptors (Lipinski definition) is 2. The van der Waals surface area contributed by atoms with Crippen molar-refractivity contribution in [3.8, 4) is 0 Å². The van der Waals surface area contributed by atoms with Crippen LogP contribution in [0.3, 0.4) is 0 Å². The Kier molecular flexibility index (Phi) is 3.82. The SMILES string of the molecule is CC(C(=O)c1ccccc1)C(C)(O)c1ccccc1. The predicted octanol–water partition coefficient (Wildman–Crippen LogP) is 3.41. The highest BCUT2D eigenvalue weighted by atomic mass is 16.3. The molecule has 0 saturated carbocycles. The number of hydrogen-bond donors (Lipinski definition) is 1. The summed E-state index contributed by atoms with van der Waals surface area (Å²) in [5.74, 6) is -0.549. The number of rotatable bonds is 4. The van der Waals surface area contributed by atoms with Crippen molar-refractivity contribution in [2.75, 3.05) is 0 Å². The van der Waals surface area contributed by atoms with E-state index in [4.69, 9.17) is 0 Å². The molecule has 0 aliphatic heterocycles. The van der Waals surface area contributed by atoms with E-state index in [2.05, 4.69) is 0 Å². The van der Waals surface area contributed by atoms with Gasteiger partial charge in [-0.1, -0.05) is 67.6 Å². The van der Waals surface area contributed by atoms with Crippen molar-refractivity contribution in [1.82, 2.24) is 0 Å². The molecule has 0 amide bonds. The Morgan fingerprint density at radius 2 is 1.47 bits per heavy atom. The molecule has 2 unspecified atom stereocenters. The van der Waals surface area contributed by atoms with Gasteiger partial charge in [0.15, 0.2) is 5.78 Å². The van der Waals surface area contributed by atoms with Crippen LogP contribution in [0.2, 0.25) is 0 Å². The molecule has 0 saturated heterocycles. The average molecular weight is 254 g/mol. The third kappa shape index (κ3) is 2.74. The fourth-order valence-electron chi connectivity index (χ4n) is 2.13. The summed E-state index contributed by atoms with van der Waals surface area (Å²) in [6, 6.07) is 18.4. The van der Waals surface area contributed by atoms with E-state index >= 15 is 0 Å². The summed E-state index contributed by atoms with van der Waals surface area (Å²) in [4.78, 5) is 12.4. The largest absolute Gasteiger partial charge is 0.385 e. The number of ketones is 1. The maximum absolute atomic E-state index is 12.4. The minimum Gasteiger partial charge on any atom is -0.385 e. The molecule has 0 fully saturated rings. The predicted molar refractivity (Wildman–Crippen MR) is 75.9 cm³/mol. The lowest BCUT2D eigenvalue weighted by molar-refractivity contribution is 0.00676. The highest BCUT2D eigenvalue weighted by molar-refractivity contribution is 5.98. The summed E-state index contributed by atoms with van der Waals surface area (Å²) in [5.41, 5.74) is 0.215. The van der Waals surface area contributed by atoms with Crippen molar-refractivity contribution in [3.63, 3.8) is 0 Å². The summed E-state index contributed by atoms with van der Waals surface area (Å²) < 4.78 is 0. The van der Waals surface area contributed by atoms with Gasteiger partial charge in [-0.05, 0) is 12.5 Å². The van der Waals surface area contributed by atoms with E-state index < -0.39 is 11.5 Å². The van der Waals surface area contributed by atoms with Crippen molar-refractivity contribution >= 4 is 5.78 Å². The highest BCUT2D eigenvalue weighted by Crippen LogP contribution is 2.31. The van der Waals surface area contributed by atoms with Gasteiger partial charge >= 0.3 is 0 Å². The number of benzene rings is 2. The van der Waals surface area contributed by atoms with Gasteiger partial charge in [0, 0.05) is 5.56 Å². The van der Waals surface area contributed by atoms with Crippen LogP contribution in [0.15, 0.2) is 60.7 Å². The molecular weight excluding hydrogens is 236 g/mol. The molecule has 0 spiro atoms. The number of carbonyl (C=O) groups is 1. The molecule has 0 aromatic heterocycles. The van der Waals surface area contributed by atoms with Crippen molar-refractivity contribution in [2.45, 2.75) is 19.4 Å². The van der Waals surface area contributed by atoms with Crippen LogP contribution in [0.1, 0.15) is 29.8 Å². The lowest BCUT2D eigenvalue weighted by Crippen LogP contribution is -2.35. The van der Waals surface area contributed by atoms with E-state index in [1.54, 1.807) is 26.0 Å². The molecule has 19 heavy (non-hydrogen) atoms. The number of Topliss-reactive ketones (excluding diaryl/α,β-unsaturated/α-hetero) is 1. The Morgan fingerprint density at radius 1 is 1.00 bits per heavy atom. The first-order chi connectivity index (χ1) is 9.03. The third-order valence-corrected chi connectivity index (χ3v) is 3.65. The van der Waals surface area contributed by atoms with Gasteiger partial charge in [-0.3, -0.25) is 4.79 Å². The summed E-state index contributed by atoms with van der Waals surface area (Å²) in [7, 11) is 0. The van der Waals surface area contributed by atoms with Gasteiger partial charge in [-0.15, -0.1) is 0 Å². The molecule has 0 radical (unpaired) electrons. The number of aliphatic hydroxyl groups is 1. The van der Waals surface area contributed by atoms with E-state index in [0.717, 1.165) is 5.56 Å². The summed E-state index contributed by atoms with van der Waals surface area (Å²) in [5, 5.41) is 10.7. The van der Waals surface area contributed by atoms with Gasteiger partial charge in [0.1, 0.15) is 0 Å². The minimum atomic E-state index is -1.17. The molecule has 2 aromatic rings. The zero-order valence-corrected chi connectivity index (χ0v) is 11.2. The first kappa shape index (κ1) is 13.5. The van der Waals surface area contributed by atoms with Crippen molar-refractivity contribution in [2.24, 2.45) is 5.92 Å². The maximum Gasteiger partial charge on any atom is 0.168 e. The lowest BCUT2D eigenvalue weighted by Gasteiger charge is -2.30. The summed E-state index contributed by atoms with van der Waals surface area (Å²) in [6.45, 7) is 3.45. The van der Waals surface area contributed by atoms with Crippen molar-refractivity contribution < 1.29 is 9.90 Å². The van der Waals surface area contributed by atoms with Gasteiger partial charge in [0.05, 0.1) is 11.5 Å². The molecule has 2 atom stereocenters. The van der Waals surface area contributed by atoms with Crippen LogP contribution in [-0.2, 0) is 5.60 Å². The van der Waals surface area contributed by atoms with Gasteiger partial charge in [0.25, 0.3) is 0 Å². The van der Waals surface area contributed by atoms with Gasteiger partial charge < -0.3 is 5.11 Å². The minimum absolute atomic E-state index is 0.0468. The lowest BCUT2D eigenvalue weighted by atomic mass is 9.80. The van der Waals surface area contributed by atoms with Crippen LogP contribution in [0.25, 0.3) is 0 Å². The first-order valence-electron chi connectivity index (χ1n) is 6.40. The first-order valence-corrected chi connectivity index (χ1v) is 6.40. The van der Waals surface area contributed by atoms with Gasteiger partial charge in [-0.25, -0.2) is 0 Å². The van der Waals surface area contributed by atoms with E-state index in [1.807, 2.05) is 48.5 Å². The molecule has 0 bridgehead atoms. The van der Waals surface area contributed by atoms with Crippen LogP contribution >= 0.6 is 0 Å². The second kappa shape index (κ2) is 5.37.